The molecule has 0 unspecified atom stereocenters. The van der Waals surface area contributed by atoms with Gasteiger partial charge in [-0.2, -0.15) is 0 Å². The number of aromatic nitrogens is 1. The first-order valence-electron chi connectivity index (χ1n) is 5.81. The summed E-state index contributed by atoms with van der Waals surface area (Å²) in [6.07, 6.45) is 3.37. The van der Waals surface area contributed by atoms with Crippen molar-refractivity contribution in [2.75, 3.05) is 12.8 Å². The highest BCUT2D eigenvalue weighted by atomic mass is 16.5. The van der Waals surface area contributed by atoms with Gasteiger partial charge in [0, 0.05) is 30.7 Å². The standard InChI is InChI=1S/C14H15N3O2/c1-19-11-2-3-12(13(15)8-11)14(18)17-9-10-4-6-16-7-5-10/h2-8H,9,15H2,1H3,(H,17,18). The van der Waals surface area contributed by atoms with E-state index in [4.69, 9.17) is 10.5 Å². The smallest absolute Gasteiger partial charge is 0.253 e. The molecular formula is C14H15N3O2. The Labute approximate surface area is 111 Å². The first kappa shape index (κ1) is 12.9. The molecule has 0 saturated heterocycles. The molecule has 98 valence electrons. The maximum absolute atomic E-state index is 12.0. The summed E-state index contributed by atoms with van der Waals surface area (Å²) in [5.74, 6) is 0.417. The van der Waals surface area contributed by atoms with Gasteiger partial charge < -0.3 is 15.8 Å². The number of rotatable bonds is 4. The number of amides is 1. The maximum Gasteiger partial charge on any atom is 0.253 e. The lowest BCUT2D eigenvalue weighted by Crippen LogP contribution is -2.23. The molecule has 1 amide bonds. The van der Waals surface area contributed by atoms with Crippen molar-refractivity contribution >= 4 is 11.6 Å². The zero-order valence-corrected chi connectivity index (χ0v) is 10.6. The molecule has 0 atom stereocenters. The third-order valence-corrected chi connectivity index (χ3v) is 2.71. The molecule has 0 aliphatic rings. The van der Waals surface area contributed by atoms with Crippen LogP contribution in [0.3, 0.4) is 0 Å². The van der Waals surface area contributed by atoms with Gasteiger partial charge >= 0.3 is 0 Å². The van der Waals surface area contributed by atoms with Gasteiger partial charge in [0.2, 0.25) is 0 Å². The van der Waals surface area contributed by atoms with Crippen molar-refractivity contribution in [3.8, 4) is 5.75 Å². The zero-order valence-electron chi connectivity index (χ0n) is 10.6. The molecule has 0 saturated carbocycles. The van der Waals surface area contributed by atoms with Gasteiger partial charge in [-0.05, 0) is 29.8 Å². The largest absolute Gasteiger partial charge is 0.497 e. The van der Waals surface area contributed by atoms with Crippen LogP contribution in [0, 0.1) is 0 Å². The minimum atomic E-state index is -0.211. The fourth-order valence-electron chi connectivity index (χ4n) is 1.65. The van der Waals surface area contributed by atoms with Crippen LogP contribution in [-0.4, -0.2) is 18.0 Å². The molecule has 2 aromatic rings. The number of carbonyl (C=O) groups excluding carboxylic acids is 1. The molecule has 0 radical (unpaired) electrons. The van der Waals surface area contributed by atoms with E-state index in [-0.39, 0.29) is 5.91 Å². The molecule has 1 aromatic heterocycles. The number of methoxy groups -OCH3 is 1. The summed E-state index contributed by atoms with van der Waals surface area (Å²) in [7, 11) is 1.55. The Bertz CT molecular complexity index is 570. The number of hydrogen-bond donors (Lipinski definition) is 2. The number of ether oxygens (including phenoxy) is 1. The summed E-state index contributed by atoms with van der Waals surface area (Å²) in [6, 6.07) is 8.67. The number of nitrogens with two attached hydrogens (primary N) is 1. The molecule has 5 heteroatoms. The van der Waals surface area contributed by atoms with E-state index in [0.29, 0.717) is 23.5 Å². The molecule has 5 nitrogen and oxygen atoms in total. The van der Waals surface area contributed by atoms with Crippen LogP contribution in [0.1, 0.15) is 15.9 Å². The van der Waals surface area contributed by atoms with Gasteiger partial charge in [-0.3, -0.25) is 9.78 Å². The summed E-state index contributed by atoms with van der Waals surface area (Å²) >= 11 is 0. The second-order valence-electron chi connectivity index (χ2n) is 3.99. The van der Waals surface area contributed by atoms with Crippen LogP contribution in [0.4, 0.5) is 5.69 Å². The number of nitrogen functional groups attached to an aromatic ring is 1. The number of hydrogen-bond acceptors (Lipinski definition) is 4. The summed E-state index contributed by atoms with van der Waals surface area (Å²) < 4.78 is 5.04. The normalized spacial score (nSPS) is 9.95. The Morgan fingerprint density at radius 3 is 2.68 bits per heavy atom. The predicted molar refractivity (Wildman–Crippen MR) is 72.8 cm³/mol. The van der Waals surface area contributed by atoms with Crippen LogP contribution < -0.4 is 15.8 Å². The quantitative estimate of drug-likeness (QED) is 0.816. The lowest BCUT2D eigenvalue weighted by molar-refractivity contribution is 0.0952. The van der Waals surface area contributed by atoms with E-state index in [1.54, 1.807) is 37.7 Å². The van der Waals surface area contributed by atoms with Gasteiger partial charge in [-0.25, -0.2) is 0 Å². The summed E-state index contributed by atoms with van der Waals surface area (Å²) in [5, 5.41) is 2.81. The van der Waals surface area contributed by atoms with E-state index in [9.17, 15) is 4.79 Å². The zero-order chi connectivity index (χ0) is 13.7. The Morgan fingerprint density at radius 2 is 2.05 bits per heavy atom. The highest BCUT2D eigenvalue weighted by molar-refractivity contribution is 5.99. The van der Waals surface area contributed by atoms with Crippen LogP contribution in [0.5, 0.6) is 5.75 Å². The Kier molecular flexibility index (Phi) is 3.97. The van der Waals surface area contributed by atoms with Crippen molar-refractivity contribution in [3.05, 3.63) is 53.9 Å². The van der Waals surface area contributed by atoms with E-state index < -0.39 is 0 Å². The van der Waals surface area contributed by atoms with E-state index >= 15 is 0 Å². The second kappa shape index (κ2) is 5.86. The number of pyridine rings is 1. The van der Waals surface area contributed by atoms with E-state index in [2.05, 4.69) is 10.3 Å². The van der Waals surface area contributed by atoms with Crippen LogP contribution in [0.25, 0.3) is 0 Å². The molecule has 19 heavy (non-hydrogen) atoms. The van der Waals surface area contributed by atoms with Gasteiger partial charge in [0.1, 0.15) is 5.75 Å². The first-order valence-corrected chi connectivity index (χ1v) is 5.81. The van der Waals surface area contributed by atoms with Crippen molar-refractivity contribution < 1.29 is 9.53 Å². The van der Waals surface area contributed by atoms with Crippen molar-refractivity contribution in [2.24, 2.45) is 0 Å². The molecule has 0 spiro atoms. The Morgan fingerprint density at radius 1 is 1.32 bits per heavy atom. The number of nitrogens with zero attached hydrogens (tertiary/aromatic N) is 1. The Hall–Kier alpha value is -2.56. The SMILES string of the molecule is COc1ccc(C(=O)NCc2ccncc2)c(N)c1. The van der Waals surface area contributed by atoms with E-state index in [1.165, 1.54) is 0 Å². The molecule has 0 bridgehead atoms. The highest BCUT2D eigenvalue weighted by Crippen LogP contribution is 2.19. The highest BCUT2D eigenvalue weighted by Gasteiger charge is 2.10. The van der Waals surface area contributed by atoms with E-state index in [0.717, 1.165) is 5.56 Å². The molecule has 0 aliphatic heterocycles. The van der Waals surface area contributed by atoms with Crippen LogP contribution >= 0.6 is 0 Å². The summed E-state index contributed by atoms with van der Waals surface area (Å²) in [4.78, 5) is 15.9. The Balaban J connectivity index is 2.04. The summed E-state index contributed by atoms with van der Waals surface area (Å²) in [5.41, 5.74) is 7.63. The molecule has 3 N–H and O–H groups in total. The van der Waals surface area contributed by atoms with Crippen molar-refractivity contribution in [1.29, 1.82) is 0 Å². The predicted octanol–water partition coefficient (Wildman–Crippen LogP) is 1.60. The number of nitrogens with one attached hydrogen (secondary N) is 1. The van der Waals surface area contributed by atoms with Crippen LogP contribution in [0.2, 0.25) is 0 Å². The third kappa shape index (κ3) is 3.22. The first-order chi connectivity index (χ1) is 9.20. The molecule has 0 aliphatic carbocycles. The van der Waals surface area contributed by atoms with E-state index in [1.807, 2.05) is 12.1 Å². The fourth-order valence-corrected chi connectivity index (χ4v) is 1.65. The monoisotopic (exact) mass is 257 g/mol. The molecule has 1 heterocycles. The molecule has 2 rings (SSSR count). The number of anilines is 1. The minimum Gasteiger partial charge on any atom is -0.497 e. The average molecular weight is 257 g/mol. The van der Waals surface area contributed by atoms with Gasteiger partial charge in [-0.15, -0.1) is 0 Å². The topological polar surface area (TPSA) is 77.2 Å². The van der Waals surface area contributed by atoms with Gasteiger partial charge in [0.15, 0.2) is 0 Å². The molecule has 1 aromatic carbocycles. The third-order valence-electron chi connectivity index (χ3n) is 2.71. The van der Waals surface area contributed by atoms with Crippen LogP contribution in [0.15, 0.2) is 42.7 Å². The van der Waals surface area contributed by atoms with Gasteiger partial charge in [-0.1, -0.05) is 0 Å². The average Bonchev–Trinajstić information content (AvgIpc) is 2.45. The minimum absolute atomic E-state index is 0.211. The molecular weight excluding hydrogens is 242 g/mol. The molecule has 0 fully saturated rings. The maximum atomic E-state index is 12.0. The summed E-state index contributed by atoms with van der Waals surface area (Å²) in [6.45, 7) is 0.437. The lowest BCUT2D eigenvalue weighted by Gasteiger charge is -2.09. The number of benzene rings is 1. The lowest BCUT2D eigenvalue weighted by atomic mass is 10.1. The second-order valence-corrected chi connectivity index (χ2v) is 3.99. The van der Waals surface area contributed by atoms with Crippen molar-refractivity contribution in [1.82, 2.24) is 10.3 Å². The van der Waals surface area contributed by atoms with Crippen molar-refractivity contribution in [3.63, 3.8) is 0 Å². The van der Waals surface area contributed by atoms with Gasteiger partial charge in [0.05, 0.1) is 12.7 Å². The number of carbonyl (C=O) groups is 1. The fraction of sp³-hybridized carbons (Fsp3) is 0.143. The van der Waals surface area contributed by atoms with Crippen LogP contribution in [-0.2, 0) is 6.54 Å². The van der Waals surface area contributed by atoms with Crippen molar-refractivity contribution in [2.45, 2.75) is 6.54 Å². The van der Waals surface area contributed by atoms with Gasteiger partial charge in [0.25, 0.3) is 5.91 Å².